The molecule has 3 fully saturated rings. The standard InChI is InChI=1S/C17H21N3OS/c1-10-16(12-5-7-20(10)8-6-12)19-17(21)13-3-4-15-14(9-13)18-11(2)22-15/h3-4,9-10,12,16H,5-8H2,1-2H3,(H,19,21)/t10-,16+/m1/s1. The lowest BCUT2D eigenvalue weighted by molar-refractivity contribution is 0.0217. The molecular weight excluding hydrogens is 294 g/mol. The molecule has 2 aromatic rings. The fourth-order valence-corrected chi connectivity index (χ4v) is 4.77. The second-order valence-electron chi connectivity index (χ2n) is 6.53. The van der Waals surface area contributed by atoms with Crippen LogP contribution < -0.4 is 5.32 Å². The van der Waals surface area contributed by atoms with Gasteiger partial charge < -0.3 is 5.32 Å². The molecule has 0 radical (unpaired) electrons. The van der Waals surface area contributed by atoms with E-state index in [2.05, 4.69) is 22.1 Å². The lowest BCUT2D eigenvalue weighted by Crippen LogP contribution is -2.62. The summed E-state index contributed by atoms with van der Waals surface area (Å²) < 4.78 is 1.14. The fraction of sp³-hybridized carbons (Fsp3) is 0.529. The highest BCUT2D eigenvalue weighted by Crippen LogP contribution is 2.32. The summed E-state index contributed by atoms with van der Waals surface area (Å²) in [6, 6.07) is 6.57. The first-order valence-electron chi connectivity index (χ1n) is 8.04. The minimum absolute atomic E-state index is 0.0400. The number of amides is 1. The summed E-state index contributed by atoms with van der Waals surface area (Å²) in [7, 11) is 0. The summed E-state index contributed by atoms with van der Waals surface area (Å²) in [6.45, 7) is 6.60. The molecule has 116 valence electrons. The number of hydrogen-bond acceptors (Lipinski definition) is 4. The molecule has 4 nitrogen and oxygen atoms in total. The van der Waals surface area contributed by atoms with Gasteiger partial charge in [-0.2, -0.15) is 0 Å². The number of nitrogens with zero attached hydrogens (tertiary/aromatic N) is 2. The molecule has 3 aliphatic heterocycles. The number of benzene rings is 1. The van der Waals surface area contributed by atoms with Crippen LogP contribution in [0.2, 0.25) is 0 Å². The Bertz CT molecular complexity index is 716. The second-order valence-corrected chi connectivity index (χ2v) is 7.76. The van der Waals surface area contributed by atoms with Crippen LogP contribution in [-0.2, 0) is 0 Å². The second kappa shape index (κ2) is 5.32. The largest absolute Gasteiger partial charge is 0.347 e. The first kappa shape index (κ1) is 14.2. The predicted octanol–water partition coefficient (Wildman–Crippen LogP) is 2.82. The van der Waals surface area contributed by atoms with Gasteiger partial charge in [-0.1, -0.05) is 0 Å². The Morgan fingerprint density at radius 3 is 2.86 bits per heavy atom. The van der Waals surface area contributed by atoms with Crippen LogP contribution in [0.15, 0.2) is 18.2 Å². The van der Waals surface area contributed by atoms with Crippen LogP contribution >= 0.6 is 11.3 Å². The number of fused-ring (bicyclic) bond motifs is 4. The Morgan fingerprint density at radius 2 is 2.14 bits per heavy atom. The zero-order valence-corrected chi connectivity index (χ0v) is 13.8. The van der Waals surface area contributed by atoms with Crippen molar-refractivity contribution < 1.29 is 4.79 Å². The van der Waals surface area contributed by atoms with Crippen LogP contribution in [-0.4, -0.2) is 41.0 Å². The average Bonchev–Trinajstić information content (AvgIpc) is 2.90. The third kappa shape index (κ3) is 2.32. The van der Waals surface area contributed by atoms with Gasteiger partial charge in [0, 0.05) is 17.6 Å². The molecule has 0 unspecified atom stereocenters. The van der Waals surface area contributed by atoms with Crippen LogP contribution in [0.25, 0.3) is 10.2 Å². The number of nitrogens with one attached hydrogen (secondary N) is 1. The first-order valence-corrected chi connectivity index (χ1v) is 8.85. The Balaban J connectivity index is 1.55. The van der Waals surface area contributed by atoms with Gasteiger partial charge in [-0.25, -0.2) is 4.98 Å². The van der Waals surface area contributed by atoms with Gasteiger partial charge in [0.15, 0.2) is 0 Å². The summed E-state index contributed by atoms with van der Waals surface area (Å²) in [5.41, 5.74) is 1.65. The quantitative estimate of drug-likeness (QED) is 0.927. The molecule has 5 heteroatoms. The van der Waals surface area contributed by atoms with Gasteiger partial charge in [0.05, 0.1) is 15.2 Å². The topological polar surface area (TPSA) is 45.2 Å². The molecule has 2 atom stereocenters. The first-order chi connectivity index (χ1) is 10.6. The molecule has 0 spiro atoms. The van der Waals surface area contributed by atoms with E-state index in [1.54, 1.807) is 11.3 Å². The van der Waals surface area contributed by atoms with E-state index in [9.17, 15) is 4.79 Å². The monoisotopic (exact) mass is 315 g/mol. The van der Waals surface area contributed by atoms with Gasteiger partial charge in [0.25, 0.3) is 5.91 Å². The minimum atomic E-state index is 0.0400. The van der Waals surface area contributed by atoms with E-state index < -0.39 is 0 Å². The fourth-order valence-electron chi connectivity index (χ4n) is 3.96. The zero-order chi connectivity index (χ0) is 15.3. The number of rotatable bonds is 2. The van der Waals surface area contributed by atoms with E-state index in [0.717, 1.165) is 20.8 Å². The highest BCUT2D eigenvalue weighted by Gasteiger charge is 2.40. The lowest BCUT2D eigenvalue weighted by Gasteiger charge is -2.49. The van der Waals surface area contributed by atoms with E-state index in [0.29, 0.717) is 12.0 Å². The van der Waals surface area contributed by atoms with Crippen molar-refractivity contribution in [2.24, 2.45) is 5.92 Å². The maximum Gasteiger partial charge on any atom is 0.251 e. The predicted molar refractivity (Wildman–Crippen MR) is 89.4 cm³/mol. The summed E-state index contributed by atoms with van der Waals surface area (Å²) in [5.74, 6) is 0.673. The van der Waals surface area contributed by atoms with Crippen molar-refractivity contribution in [1.29, 1.82) is 0 Å². The van der Waals surface area contributed by atoms with Crippen LogP contribution in [0.3, 0.4) is 0 Å². The summed E-state index contributed by atoms with van der Waals surface area (Å²) >= 11 is 1.67. The SMILES string of the molecule is Cc1nc2cc(C(=O)N[C@@H]3C4CCN(CC4)[C@@H]3C)ccc2s1. The Kier molecular flexibility index (Phi) is 3.42. The smallest absolute Gasteiger partial charge is 0.251 e. The molecule has 1 amide bonds. The maximum absolute atomic E-state index is 12.6. The molecule has 0 saturated carbocycles. The third-order valence-corrected chi connectivity index (χ3v) is 6.18. The number of aromatic nitrogens is 1. The summed E-state index contributed by atoms with van der Waals surface area (Å²) in [5, 5.41) is 4.32. The molecule has 1 N–H and O–H groups in total. The Labute approximate surface area is 134 Å². The van der Waals surface area contributed by atoms with E-state index in [1.807, 2.05) is 25.1 Å². The van der Waals surface area contributed by atoms with Gasteiger partial charge >= 0.3 is 0 Å². The van der Waals surface area contributed by atoms with E-state index in [4.69, 9.17) is 0 Å². The number of carbonyl (C=O) groups excluding carboxylic acids is 1. The van der Waals surface area contributed by atoms with Crippen LogP contribution in [0, 0.1) is 12.8 Å². The maximum atomic E-state index is 12.6. The van der Waals surface area contributed by atoms with Crippen LogP contribution in [0.4, 0.5) is 0 Å². The van der Waals surface area contributed by atoms with Gasteiger partial charge in [-0.15, -0.1) is 11.3 Å². The van der Waals surface area contributed by atoms with Crippen molar-refractivity contribution in [3.63, 3.8) is 0 Å². The Hall–Kier alpha value is -1.46. The molecule has 0 aliphatic carbocycles. The highest BCUT2D eigenvalue weighted by molar-refractivity contribution is 7.18. The van der Waals surface area contributed by atoms with E-state index in [-0.39, 0.29) is 11.9 Å². The van der Waals surface area contributed by atoms with Gasteiger partial charge in [0.1, 0.15) is 0 Å². The molecule has 3 aliphatic rings. The third-order valence-electron chi connectivity index (χ3n) is 5.23. The molecule has 1 aromatic heterocycles. The van der Waals surface area contributed by atoms with Gasteiger partial charge in [-0.05, 0) is 63.9 Å². The van der Waals surface area contributed by atoms with Gasteiger partial charge in [0.2, 0.25) is 0 Å². The molecule has 22 heavy (non-hydrogen) atoms. The number of thiazole rings is 1. The number of carbonyl (C=O) groups is 1. The van der Waals surface area contributed by atoms with E-state index >= 15 is 0 Å². The lowest BCUT2D eigenvalue weighted by atomic mass is 9.79. The number of piperidine rings is 3. The molecule has 1 aromatic carbocycles. The van der Waals surface area contributed by atoms with Crippen molar-refractivity contribution in [1.82, 2.24) is 15.2 Å². The molecular formula is C17H21N3OS. The number of hydrogen-bond donors (Lipinski definition) is 1. The van der Waals surface area contributed by atoms with Crippen LogP contribution in [0.1, 0.15) is 35.1 Å². The zero-order valence-electron chi connectivity index (χ0n) is 13.0. The van der Waals surface area contributed by atoms with E-state index in [1.165, 1.54) is 25.9 Å². The van der Waals surface area contributed by atoms with Crippen molar-refractivity contribution in [3.8, 4) is 0 Å². The van der Waals surface area contributed by atoms with Gasteiger partial charge in [-0.3, -0.25) is 9.69 Å². The highest BCUT2D eigenvalue weighted by atomic mass is 32.1. The minimum Gasteiger partial charge on any atom is -0.347 e. The summed E-state index contributed by atoms with van der Waals surface area (Å²) in [6.07, 6.45) is 2.42. The molecule has 2 bridgehead atoms. The molecule has 4 heterocycles. The van der Waals surface area contributed by atoms with Crippen molar-refractivity contribution >= 4 is 27.5 Å². The van der Waals surface area contributed by atoms with Crippen LogP contribution in [0.5, 0.6) is 0 Å². The Morgan fingerprint density at radius 1 is 1.36 bits per heavy atom. The average molecular weight is 315 g/mol. The van der Waals surface area contributed by atoms with Crippen molar-refractivity contribution in [3.05, 3.63) is 28.8 Å². The number of aryl methyl sites for hydroxylation is 1. The van der Waals surface area contributed by atoms with Crippen molar-refractivity contribution in [2.75, 3.05) is 13.1 Å². The molecule has 3 saturated heterocycles. The normalized spacial score (nSPS) is 30.6. The molecule has 5 rings (SSSR count). The summed E-state index contributed by atoms with van der Waals surface area (Å²) in [4.78, 5) is 19.6. The van der Waals surface area contributed by atoms with Crippen molar-refractivity contribution in [2.45, 2.75) is 38.8 Å².